The molecule has 2 aliphatic heterocycles. The number of nitrogens with one attached hydrogen (secondary N) is 2. The van der Waals surface area contributed by atoms with Crippen molar-refractivity contribution >= 4 is 39.1 Å². The number of carbonyl (C=O) groups is 2. The maximum Gasteiger partial charge on any atom is 0.294 e. The van der Waals surface area contributed by atoms with Gasteiger partial charge in [-0.15, -0.1) is 0 Å². The van der Waals surface area contributed by atoms with Crippen molar-refractivity contribution in [3.05, 3.63) is 66.0 Å². The number of amides is 2. The number of aryl methyl sites for hydroxylation is 1. The number of H-pyrrole nitrogens is 1. The summed E-state index contributed by atoms with van der Waals surface area (Å²) in [6.07, 6.45) is 8.66. The summed E-state index contributed by atoms with van der Waals surface area (Å²) in [6.45, 7) is 3.87. The molecule has 6 rings (SSSR count). The number of nitro benzene ring substituents is 1. The third kappa shape index (κ3) is 4.93. The molecule has 10 nitrogen and oxygen atoms in total. The van der Waals surface area contributed by atoms with Crippen molar-refractivity contribution in [3.63, 3.8) is 0 Å². The molecule has 11 heteroatoms. The number of hydrogen-bond acceptors (Lipinski definition) is 6. The number of aromatic nitrogens is 1. The highest BCUT2D eigenvalue weighted by Gasteiger charge is 2.56. The molecule has 2 saturated heterocycles. The van der Waals surface area contributed by atoms with Crippen LogP contribution in [0.25, 0.3) is 0 Å². The van der Waals surface area contributed by atoms with Gasteiger partial charge in [-0.25, -0.2) is 0 Å². The van der Waals surface area contributed by atoms with Gasteiger partial charge in [-0.2, -0.15) is 0 Å². The normalized spacial score (nSPS) is 22.6. The maximum atomic E-state index is 13.9. The molecule has 2 amide bonds. The molecule has 40 heavy (non-hydrogen) atoms. The molecule has 2 N–H and O–H groups in total. The molecule has 212 valence electrons. The smallest absolute Gasteiger partial charge is 0.294 e. The van der Waals surface area contributed by atoms with Gasteiger partial charge < -0.3 is 20.1 Å². The van der Waals surface area contributed by atoms with E-state index in [0.717, 1.165) is 25.7 Å². The van der Waals surface area contributed by atoms with Crippen molar-refractivity contribution in [1.29, 1.82) is 0 Å². The van der Waals surface area contributed by atoms with Crippen molar-refractivity contribution in [2.75, 3.05) is 31.5 Å². The van der Waals surface area contributed by atoms with Crippen LogP contribution in [0.3, 0.4) is 0 Å². The molecule has 4 fully saturated rings. The number of aromatic amines is 1. The second kappa shape index (κ2) is 10.0. The molecule has 0 radical (unpaired) electrons. The van der Waals surface area contributed by atoms with Crippen LogP contribution in [0.15, 0.2) is 33.5 Å². The number of nitrogens with zero attached hydrogens (tertiary/aromatic N) is 3. The lowest BCUT2D eigenvalue weighted by atomic mass is 9.77. The SMILES string of the molecule is Cc1cc(C(=O)N2C[C@H](Nc3c(C(=O)N4CCC5(CCCC5)CC4)cc(Br)cc3[N+](=O)[O-])C3(CC3)C2)cc(=O)[nH]1. The van der Waals surface area contributed by atoms with Crippen molar-refractivity contribution in [1.82, 2.24) is 14.8 Å². The lowest BCUT2D eigenvalue weighted by Gasteiger charge is -2.39. The quantitative estimate of drug-likeness (QED) is 0.367. The van der Waals surface area contributed by atoms with E-state index in [9.17, 15) is 24.5 Å². The van der Waals surface area contributed by atoms with Crippen LogP contribution in [0, 0.1) is 27.9 Å². The van der Waals surface area contributed by atoms with Crippen LogP contribution in [-0.4, -0.2) is 63.7 Å². The number of nitro groups is 1. The van der Waals surface area contributed by atoms with E-state index in [2.05, 4.69) is 26.2 Å². The molecule has 1 aromatic heterocycles. The molecular weight excluding hydrogens is 578 g/mol. The predicted octanol–water partition coefficient (Wildman–Crippen LogP) is 4.87. The highest BCUT2D eigenvalue weighted by atomic mass is 79.9. The van der Waals surface area contributed by atoms with Crippen LogP contribution in [0.1, 0.15) is 77.8 Å². The molecule has 2 aliphatic carbocycles. The Morgan fingerprint density at radius 1 is 1.02 bits per heavy atom. The Morgan fingerprint density at radius 3 is 2.35 bits per heavy atom. The minimum Gasteiger partial charge on any atom is -0.374 e. The fourth-order valence-electron chi connectivity index (χ4n) is 7.19. The van der Waals surface area contributed by atoms with Gasteiger partial charge in [-0.05, 0) is 63.0 Å². The van der Waals surface area contributed by atoms with Crippen LogP contribution in [0.2, 0.25) is 0 Å². The Bertz CT molecular complexity index is 1430. The van der Waals surface area contributed by atoms with Crippen LogP contribution in [-0.2, 0) is 0 Å². The number of piperidine rings is 1. The molecule has 2 aromatic rings. The lowest BCUT2D eigenvalue weighted by Crippen LogP contribution is -2.42. The van der Waals surface area contributed by atoms with E-state index < -0.39 is 4.92 Å². The van der Waals surface area contributed by atoms with E-state index in [-0.39, 0.29) is 45.8 Å². The topological polar surface area (TPSA) is 129 Å². The van der Waals surface area contributed by atoms with E-state index in [1.807, 2.05) is 4.90 Å². The van der Waals surface area contributed by atoms with Gasteiger partial charge in [0, 0.05) is 59.5 Å². The fraction of sp³-hybridized carbons (Fsp3) is 0.552. The molecule has 0 unspecified atom stereocenters. The first-order valence-corrected chi connectivity index (χ1v) is 14.9. The first-order valence-electron chi connectivity index (χ1n) is 14.1. The number of pyridine rings is 1. The average molecular weight is 613 g/mol. The van der Waals surface area contributed by atoms with Crippen LogP contribution < -0.4 is 10.9 Å². The number of likely N-dealkylation sites (tertiary alicyclic amines) is 2. The van der Waals surface area contributed by atoms with E-state index in [0.29, 0.717) is 47.3 Å². The van der Waals surface area contributed by atoms with Crippen LogP contribution in [0.4, 0.5) is 11.4 Å². The first-order chi connectivity index (χ1) is 19.1. The minimum atomic E-state index is -0.454. The molecule has 2 saturated carbocycles. The summed E-state index contributed by atoms with van der Waals surface area (Å²) in [5.41, 5.74) is 1.08. The van der Waals surface area contributed by atoms with Gasteiger partial charge in [0.25, 0.3) is 17.5 Å². The zero-order valence-electron chi connectivity index (χ0n) is 22.6. The number of anilines is 1. The highest BCUT2D eigenvalue weighted by Crippen LogP contribution is 2.54. The standard InChI is InChI=1S/C29H34BrN5O5/c1-18-12-19(13-24(36)31-18)26(37)34-16-23(29(17-34)6-7-29)32-25-21(14-20(30)15-22(25)35(39)40)27(38)33-10-8-28(9-11-33)4-2-3-5-28/h12-15,23,32H,2-11,16-17H2,1H3,(H,31,36)/t23-/m0/s1. The zero-order chi connectivity index (χ0) is 28.2. The number of benzene rings is 1. The summed E-state index contributed by atoms with van der Waals surface area (Å²) >= 11 is 3.39. The van der Waals surface area contributed by atoms with Crippen LogP contribution in [0.5, 0.6) is 0 Å². The second-order valence-corrected chi connectivity index (χ2v) is 13.2. The van der Waals surface area contributed by atoms with E-state index in [1.54, 1.807) is 24.0 Å². The molecule has 0 bridgehead atoms. The van der Waals surface area contributed by atoms with Gasteiger partial charge in [-0.3, -0.25) is 24.5 Å². The summed E-state index contributed by atoms with van der Waals surface area (Å²) in [7, 11) is 0. The van der Waals surface area contributed by atoms with Gasteiger partial charge in [0.2, 0.25) is 5.56 Å². The summed E-state index contributed by atoms with van der Waals surface area (Å²) in [5.74, 6) is -0.435. The molecular formula is C29H34BrN5O5. The molecule has 3 heterocycles. The van der Waals surface area contributed by atoms with Crippen molar-refractivity contribution in [2.24, 2.45) is 10.8 Å². The van der Waals surface area contributed by atoms with Crippen molar-refractivity contribution < 1.29 is 14.5 Å². The molecule has 2 spiro atoms. The Balaban J connectivity index is 1.27. The first kappa shape index (κ1) is 27.0. The van der Waals surface area contributed by atoms with E-state index in [4.69, 9.17) is 0 Å². The third-order valence-electron chi connectivity index (χ3n) is 9.66. The monoisotopic (exact) mass is 611 g/mol. The van der Waals surface area contributed by atoms with Gasteiger partial charge in [0.05, 0.1) is 16.5 Å². The lowest BCUT2D eigenvalue weighted by molar-refractivity contribution is -0.384. The summed E-state index contributed by atoms with van der Waals surface area (Å²) in [5, 5.41) is 15.6. The fourth-order valence-corrected chi connectivity index (χ4v) is 7.63. The second-order valence-electron chi connectivity index (χ2n) is 12.3. The van der Waals surface area contributed by atoms with Gasteiger partial charge in [0.15, 0.2) is 0 Å². The predicted molar refractivity (Wildman–Crippen MR) is 154 cm³/mol. The molecule has 4 aliphatic rings. The number of halogens is 1. The zero-order valence-corrected chi connectivity index (χ0v) is 24.2. The molecule has 1 aromatic carbocycles. The minimum absolute atomic E-state index is 0.159. The van der Waals surface area contributed by atoms with Crippen molar-refractivity contribution in [2.45, 2.75) is 64.3 Å². The Kier molecular flexibility index (Phi) is 6.75. The summed E-state index contributed by atoms with van der Waals surface area (Å²) < 4.78 is 0.478. The Labute approximate surface area is 240 Å². The summed E-state index contributed by atoms with van der Waals surface area (Å²) in [4.78, 5) is 57.1. The van der Waals surface area contributed by atoms with Crippen molar-refractivity contribution in [3.8, 4) is 0 Å². The van der Waals surface area contributed by atoms with E-state index in [1.165, 1.54) is 37.8 Å². The Morgan fingerprint density at radius 2 is 1.73 bits per heavy atom. The van der Waals surface area contributed by atoms with Crippen LogP contribution >= 0.6 is 15.9 Å². The third-order valence-corrected chi connectivity index (χ3v) is 10.1. The highest BCUT2D eigenvalue weighted by molar-refractivity contribution is 9.10. The van der Waals surface area contributed by atoms with Gasteiger partial charge in [0.1, 0.15) is 5.69 Å². The number of carbonyl (C=O) groups excluding carboxylic acids is 2. The Hall–Kier alpha value is -3.21. The number of rotatable bonds is 5. The largest absolute Gasteiger partial charge is 0.374 e. The van der Waals surface area contributed by atoms with E-state index >= 15 is 0 Å². The number of hydrogen-bond donors (Lipinski definition) is 2. The average Bonchev–Trinajstić information content (AvgIpc) is 3.41. The van der Waals surface area contributed by atoms with Gasteiger partial charge in [-0.1, -0.05) is 28.8 Å². The summed E-state index contributed by atoms with van der Waals surface area (Å²) in [6, 6.07) is 5.82. The maximum absolute atomic E-state index is 13.9. The molecule has 1 atom stereocenters. The van der Waals surface area contributed by atoms with Gasteiger partial charge >= 0.3 is 0 Å².